The van der Waals surface area contributed by atoms with Crippen LogP contribution in [0, 0.1) is 0 Å². The lowest BCUT2D eigenvalue weighted by molar-refractivity contribution is -0.00678. The van der Waals surface area contributed by atoms with Gasteiger partial charge in [0.15, 0.2) is 0 Å². The molecule has 1 aliphatic rings. The molecule has 0 aliphatic carbocycles. The van der Waals surface area contributed by atoms with Crippen molar-refractivity contribution in [2.45, 2.75) is 51.2 Å². The molecule has 1 fully saturated rings. The van der Waals surface area contributed by atoms with Gasteiger partial charge in [-0.05, 0) is 38.3 Å². The van der Waals surface area contributed by atoms with Crippen LogP contribution in [0.25, 0.3) is 0 Å². The van der Waals surface area contributed by atoms with Gasteiger partial charge in [0.25, 0.3) is 0 Å². The Balaban J connectivity index is 2.21. The Kier molecular flexibility index (Phi) is 3.50. The molecule has 1 aromatic rings. The number of aromatic nitrogens is 1. The first-order valence-corrected chi connectivity index (χ1v) is 6.43. The summed E-state index contributed by atoms with van der Waals surface area (Å²) >= 11 is 0. The molecule has 2 rings (SSSR count). The van der Waals surface area contributed by atoms with Crippen molar-refractivity contribution < 1.29 is 5.11 Å². The summed E-state index contributed by atoms with van der Waals surface area (Å²) < 4.78 is 0. The van der Waals surface area contributed by atoms with E-state index in [2.05, 4.69) is 31.1 Å². The maximum atomic E-state index is 10.7. The van der Waals surface area contributed by atoms with Crippen molar-refractivity contribution in [2.24, 2.45) is 0 Å². The average Bonchev–Trinajstić information content (AvgIpc) is 2.29. The lowest BCUT2D eigenvalue weighted by Gasteiger charge is -2.36. The molecular weight excluding hydrogens is 212 g/mol. The van der Waals surface area contributed by atoms with E-state index in [1.54, 1.807) is 0 Å². The number of rotatable bonds is 2. The Hall–Kier alpha value is -0.930. The van der Waals surface area contributed by atoms with Crippen molar-refractivity contribution in [3.05, 3.63) is 29.6 Å². The summed E-state index contributed by atoms with van der Waals surface area (Å²) in [7, 11) is 0. The van der Waals surface area contributed by atoms with E-state index in [0.717, 1.165) is 30.6 Å². The van der Waals surface area contributed by atoms with E-state index in [9.17, 15) is 5.11 Å². The zero-order valence-corrected chi connectivity index (χ0v) is 10.9. The first kappa shape index (κ1) is 12.5. The van der Waals surface area contributed by atoms with E-state index in [4.69, 9.17) is 0 Å². The smallest absolute Gasteiger partial charge is 0.0938 e. The first-order chi connectivity index (χ1) is 8.01. The van der Waals surface area contributed by atoms with Crippen LogP contribution in [0.1, 0.15) is 50.8 Å². The third-order valence-electron chi connectivity index (χ3n) is 3.59. The molecule has 0 radical (unpaired) electrons. The Morgan fingerprint density at radius 2 is 2.24 bits per heavy atom. The molecule has 0 saturated carbocycles. The van der Waals surface area contributed by atoms with E-state index in [-0.39, 0.29) is 0 Å². The molecule has 3 nitrogen and oxygen atoms in total. The molecule has 0 amide bonds. The van der Waals surface area contributed by atoms with Crippen LogP contribution in [-0.2, 0) is 5.60 Å². The number of hydrogen-bond donors (Lipinski definition) is 2. The summed E-state index contributed by atoms with van der Waals surface area (Å²) in [4.78, 5) is 4.44. The van der Waals surface area contributed by atoms with Crippen LogP contribution in [0.15, 0.2) is 18.3 Å². The van der Waals surface area contributed by atoms with Gasteiger partial charge in [-0.15, -0.1) is 0 Å². The largest absolute Gasteiger partial charge is 0.385 e. The summed E-state index contributed by atoms with van der Waals surface area (Å²) in [5, 5.41) is 14.0. The van der Waals surface area contributed by atoms with E-state index in [0.29, 0.717) is 12.0 Å². The minimum absolute atomic E-state index is 0.360. The minimum Gasteiger partial charge on any atom is -0.385 e. The fourth-order valence-electron chi connectivity index (χ4n) is 2.49. The zero-order valence-electron chi connectivity index (χ0n) is 10.9. The molecule has 0 bridgehead atoms. The predicted molar refractivity (Wildman–Crippen MR) is 68.9 cm³/mol. The second-order valence-corrected chi connectivity index (χ2v) is 5.47. The molecule has 17 heavy (non-hydrogen) atoms. The van der Waals surface area contributed by atoms with Crippen LogP contribution in [0.2, 0.25) is 0 Å². The summed E-state index contributed by atoms with van der Waals surface area (Å²) in [5.74, 6) is 0.436. The average molecular weight is 234 g/mol. The fraction of sp³-hybridized carbons (Fsp3) is 0.643. The minimum atomic E-state index is -0.701. The lowest BCUT2D eigenvalue weighted by atomic mass is 9.83. The first-order valence-electron chi connectivity index (χ1n) is 6.43. The number of pyridine rings is 1. The quantitative estimate of drug-likeness (QED) is 0.824. The van der Waals surface area contributed by atoms with Gasteiger partial charge in [-0.3, -0.25) is 4.98 Å². The highest BCUT2D eigenvalue weighted by molar-refractivity contribution is 5.23. The Morgan fingerprint density at radius 1 is 1.47 bits per heavy atom. The summed E-state index contributed by atoms with van der Waals surface area (Å²) in [6, 6.07) is 4.42. The van der Waals surface area contributed by atoms with Gasteiger partial charge < -0.3 is 10.4 Å². The predicted octanol–water partition coefficient (Wildman–Crippen LogP) is 2.16. The van der Waals surface area contributed by atoms with Crippen LogP contribution in [0.3, 0.4) is 0 Å². The van der Waals surface area contributed by atoms with Crippen molar-refractivity contribution in [1.29, 1.82) is 0 Å². The lowest BCUT2D eigenvalue weighted by Crippen LogP contribution is -2.45. The summed E-state index contributed by atoms with van der Waals surface area (Å²) in [5.41, 5.74) is 1.34. The number of nitrogens with one attached hydrogen (secondary N) is 1. The van der Waals surface area contributed by atoms with Crippen LogP contribution in [-0.4, -0.2) is 22.7 Å². The van der Waals surface area contributed by atoms with Crippen molar-refractivity contribution in [1.82, 2.24) is 10.3 Å². The zero-order chi connectivity index (χ0) is 12.5. The van der Waals surface area contributed by atoms with E-state index in [1.807, 2.05) is 18.3 Å². The van der Waals surface area contributed by atoms with E-state index >= 15 is 0 Å². The van der Waals surface area contributed by atoms with Gasteiger partial charge in [-0.1, -0.05) is 19.9 Å². The van der Waals surface area contributed by atoms with Crippen molar-refractivity contribution in [2.75, 3.05) is 6.54 Å². The van der Waals surface area contributed by atoms with Gasteiger partial charge in [0.05, 0.1) is 5.60 Å². The Bertz CT molecular complexity index is 374. The molecule has 2 unspecified atom stereocenters. The maximum absolute atomic E-state index is 10.7. The monoisotopic (exact) mass is 234 g/mol. The van der Waals surface area contributed by atoms with E-state index in [1.165, 1.54) is 0 Å². The molecule has 94 valence electrons. The van der Waals surface area contributed by atoms with Gasteiger partial charge in [-0.2, -0.15) is 0 Å². The highest BCUT2D eigenvalue weighted by atomic mass is 16.3. The van der Waals surface area contributed by atoms with Gasteiger partial charge >= 0.3 is 0 Å². The topological polar surface area (TPSA) is 45.2 Å². The van der Waals surface area contributed by atoms with Crippen molar-refractivity contribution >= 4 is 0 Å². The molecular formula is C14H22N2O. The Morgan fingerprint density at radius 3 is 2.76 bits per heavy atom. The van der Waals surface area contributed by atoms with Crippen LogP contribution in [0.4, 0.5) is 0 Å². The van der Waals surface area contributed by atoms with E-state index < -0.39 is 5.60 Å². The van der Waals surface area contributed by atoms with Crippen LogP contribution in [0.5, 0.6) is 0 Å². The molecule has 1 aromatic heterocycles. The summed E-state index contributed by atoms with van der Waals surface area (Å²) in [6.45, 7) is 7.23. The molecule has 0 spiro atoms. The Labute approximate surface area is 103 Å². The SMILES string of the molecule is CC1CC(O)(c2ccc(C(C)C)nc2)CCN1. The van der Waals surface area contributed by atoms with Gasteiger partial charge in [0.2, 0.25) is 0 Å². The van der Waals surface area contributed by atoms with Gasteiger partial charge in [0, 0.05) is 23.5 Å². The molecule has 3 heteroatoms. The number of nitrogens with zero attached hydrogens (tertiary/aromatic N) is 1. The van der Waals surface area contributed by atoms with Crippen molar-refractivity contribution in [3.8, 4) is 0 Å². The molecule has 2 heterocycles. The third-order valence-corrected chi connectivity index (χ3v) is 3.59. The van der Waals surface area contributed by atoms with Crippen LogP contribution >= 0.6 is 0 Å². The molecule has 2 N–H and O–H groups in total. The standard InChI is InChI=1S/C14H22N2O/c1-10(2)13-5-4-12(9-16-13)14(17)6-7-15-11(3)8-14/h4-5,9-11,15,17H,6-8H2,1-3H3. The molecule has 1 saturated heterocycles. The second-order valence-electron chi connectivity index (χ2n) is 5.47. The molecule has 2 atom stereocenters. The highest BCUT2D eigenvalue weighted by Crippen LogP contribution is 2.32. The highest BCUT2D eigenvalue weighted by Gasteiger charge is 2.34. The van der Waals surface area contributed by atoms with Crippen molar-refractivity contribution in [3.63, 3.8) is 0 Å². The van der Waals surface area contributed by atoms with Gasteiger partial charge in [-0.25, -0.2) is 0 Å². The maximum Gasteiger partial charge on any atom is 0.0938 e. The second kappa shape index (κ2) is 4.75. The normalized spacial score (nSPS) is 29.6. The third kappa shape index (κ3) is 2.67. The molecule has 0 aromatic carbocycles. The molecule has 1 aliphatic heterocycles. The van der Waals surface area contributed by atoms with Gasteiger partial charge in [0.1, 0.15) is 0 Å². The van der Waals surface area contributed by atoms with Crippen LogP contribution < -0.4 is 5.32 Å². The summed E-state index contributed by atoms with van der Waals surface area (Å²) in [6.07, 6.45) is 3.36. The number of aliphatic hydroxyl groups is 1. The fourth-order valence-corrected chi connectivity index (χ4v) is 2.49. The number of piperidine rings is 1. The number of hydrogen-bond acceptors (Lipinski definition) is 3.